The number of ether oxygens (including phenoxy) is 1. The monoisotopic (exact) mass is 245 g/mol. The maximum atomic E-state index is 6.03. The van der Waals surface area contributed by atoms with Gasteiger partial charge in [-0.2, -0.15) is 5.10 Å². The van der Waals surface area contributed by atoms with E-state index in [1.54, 1.807) is 0 Å². The van der Waals surface area contributed by atoms with E-state index >= 15 is 0 Å². The van der Waals surface area contributed by atoms with Crippen LogP contribution in [0.15, 0.2) is 24.3 Å². The maximum Gasteiger partial charge on any atom is 0.112 e. The zero-order valence-electron chi connectivity index (χ0n) is 10.9. The van der Waals surface area contributed by atoms with Gasteiger partial charge in [0.15, 0.2) is 0 Å². The van der Waals surface area contributed by atoms with Crippen molar-refractivity contribution < 1.29 is 4.74 Å². The Labute approximate surface area is 107 Å². The first-order valence-electron chi connectivity index (χ1n) is 6.51. The van der Waals surface area contributed by atoms with E-state index in [0.29, 0.717) is 5.92 Å². The van der Waals surface area contributed by atoms with Crippen LogP contribution in [0.2, 0.25) is 0 Å². The average Bonchev–Trinajstić information content (AvgIpc) is 2.64. The molecule has 2 atom stereocenters. The maximum absolute atomic E-state index is 6.03. The van der Waals surface area contributed by atoms with Crippen LogP contribution < -0.4 is 5.32 Å². The van der Waals surface area contributed by atoms with Crippen LogP contribution in [0.25, 0.3) is 10.9 Å². The quantitative estimate of drug-likeness (QED) is 0.879. The Morgan fingerprint density at radius 3 is 3.11 bits per heavy atom. The van der Waals surface area contributed by atoms with Gasteiger partial charge < -0.3 is 10.1 Å². The standard InChI is InChI=1S/C14H19N3O/c1-10-8-17-14(13(7-15-2)18-9-10)11-5-3-4-6-12(11)16-17/h3-6,10,13,15H,7-9H2,1-2H3/t10-,13-/m1/s1. The number of hydrogen-bond acceptors (Lipinski definition) is 3. The molecule has 0 radical (unpaired) electrons. The highest BCUT2D eigenvalue weighted by molar-refractivity contribution is 5.81. The molecule has 1 N–H and O–H groups in total. The average molecular weight is 245 g/mol. The zero-order valence-corrected chi connectivity index (χ0v) is 10.9. The molecule has 96 valence electrons. The molecule has 3 rings (SSSR count). The smallest absolute Gasteiger partial charge is 0.112 e. The third-order valence-electron chi connectivity index (χ3n) is 3.45. The minimum Gasteiger partial charge on any atom is -0.370 e. The van der Waals surface area contributed by atoms with E-state index in [4.69, 9.17) is 9.84 Å². The fraction of sp³-hybridized carbons (Fsp3) is 0.500. The lowest BCUT2D eigenvalue weighted by Gasteiger charge is -2.15. The highest BCUT2D eigenvalue weighted by Gasteiger charge is 2.25. The van der Waals surface area contributed by atoms with E-state index in [-0.39, 0.29) is 6.10 Å². The van der Waals surface area contributed by atoms with Gasteiger partial charge >= 0.3 is 0 Å². The Hall–Kier alpha value is -1.39. The summed E-state index contributed by atoms with van der Waals surface area (Å²) in [6.45, 7) is 4.76. The Morgan fingerprint density at radius 1 is 1.44 bits per heavy atom. The van der Waals surface area contributed by atoms with Crippen molar-refractivity contribution in [3.05, 3.63) is 30.0 Å². The van der Waals surface area contributed by atoms with Crippen LogP contribution in [0, 0.1) is 5.92 Å². The molecule has 0 bridgehead atoms. The third-order valence-corrected chi connectivity index (χ3v) is 3.45. The molecule has 2 aromatic rings. The SMILES string of the molecule is CNC[C@H]1OC[C@H](C)Cn2nc3ccccc3c21. The van der Waals surface area contributed by atoms with E-state index in [2.05, 4.69) is 35.1 Å². The van der Waals surface area contributed by atoms with E-state index in [9.17, 15) is 0 Å². The molecule has 1 aromatic heterocycles. The molecule has 2 heterocycles. The molecule has 4 heteroatoms. The molecular weight excluding hydrogens is 226 g/mol. The Kier molecular flexibility index (Phi) is 3.06. The largest absolute Gasteiger partial charge is 0.370 e. The number of rotatable bonds is 2. The van der Waals surface area contributed by atoms with Crippen LogP contribution in [-0.2, 0) is 11.3 Å². The van der Waals surface area contributed by atoms with Gasteiger partial charge in [-0.3, -0.25) is 4.68 Å². The predicted octanol–water partition coefficient (Wildman–Crippen LogP) is 1.96. The van der Waals surface area contributed by atoms with Crippen molar-refractivity contribution in [1.29, 1.82) is 0 Å². The summed E-state index contributed by atoms with van der Waals surface area (Å²) >= 11 is 0. The van der Waals surface area contributed by atoms with Crippen molar-refractivity contribution in [2.45, 2.75) is 19.6 Å². The second kappa shape index (κ2) is 4.71. The summed E-state index contributed by atoms with van der Waals surface area (Å²) in [6.07, 6.45) is 0.0901. The van der Waals surface area contributed by atoms with E-state index in [1.807, 2.05) is 13.1 Å². The topological polar surface area (TPSA) is 39.1 Å². The molecule has 1 aromatic carbocycles. The highest BCUT2D eigenvalue weighted by atomic mass is 16.5. The fourth-order valence-corrected chi connectivity index (χ4v) is 2.63. The van der Waals surface area contributed by atoms with Crippen molar-refractivity contribution in [1.82, 2.24) is 15.1 Å². The van der Waals surface area contributed by atoms with Crippen molar-refractivity contribution in [3.8, 4) is 0 Å². The summed E-state index contributed by atoms with van der Waals surface area (Å²) in [6, 6.07) is 8.30. The minimum absolute atomic E-state index is 0.0901. The number of aromatic nitrogens is 2. The Bertz CT molecular complexity index is 549. The van der Waals surface area contributed by atoms with E-state index < -0.39 is 0 Å². The summed E-state index contributed by atoms with van der Waals surface area (Å²) in [4.78, 5) is 0. The lowest BCUT2D eigenvalue weighted by atomic mass is 10.1. The van der Waals surface area contributed by atoms with Gasteiger partial charge in [-0.15, -0.1) is 0 Å². The number of hydrogen-bond donors (Lipinski definition) is 1. The fourth-order valence-electron chi connectivity index (χ4n) is 2.63. The summed E-state index contributed by atoms with van der Waals surface area (Å²) in [5.74, 6) is 0.500. The first kappa shape index (κ1) is 11.7. The van der Waals surface area contributed by atoms with Gasteiger partial charge in [0.2, 0.25) is 0 Å². The molecule has 18 heavy (non-hydrogen) atoms. The molecule has 1 aliphatic rings. The molecule has 0 spiro atoms. The number of nitrogens with one attached hydrogen (secondary N) is 1. The normalized spacial score (nSPS) is 23.9. The van der Waals surface area contributed by atoms with Crippen LogP contribution in [0.5, 0.6) is 0 Å². The molecule has 4 nitrogen and oxygen atoms in total. The van der Waals surface area contributed by atoms with Crippen LogP contribution in [0.3, 0.4) is 0 Å². The van der Waals surface area contributed by atoms with Gasteiger partial charge in [0, 0.05) is 18.5 Å². The lowest BCUT2D eigenvalue weighted by Crippen LogP contribution is -2.21. The number of nitrogens with zero attached hydrogens (tertiary/aromatic N) is 2. The molecule has 0 unspecified atom stereocenters. The molecular formula is C14H19N3O. The van der Waals surface area contributed by atoms with E-state index in [0.717, 1.165) is 25.2 Å². The molecule has 0 fully saturated rings. The highest BCUT2D eigenvalue weighted by Crippen LogP contribution is 2.29. The molecule has 0 amide bonds. The first-order valence-corrected chi connectivity index (χ1v) is 6.51. The second-order valence-corrected chi connectivity index (χ2v) is 5.07. The van der Waals surface area contributed by atoms with E-state index in [1.165, 1.54) is 11.1 Å². The van der Waals surface area contributed by atoms with Gasteiger partial charge in [-0.25, -0.2) is 0 Å². The number of likely N-dealkylation sites (N-methyl/N-ethyl adjacent to an activating group) is 1. The third kappa shape index (κ3) is 1.91. The lowest BCUT2D eigenvalue weighted by molar-refractivity contribution is 0.0408. The number of benzene rings is 1. The molecule has 0 saturated carbocycles. The van der Waals surface area contributed by atoms with Gasteiger partial charge in [0.25, 0.3) is 0 Å². The Balaban J connectivity index is 2.14. The summed E-state index contributed by atoms with van der Waals surface area (Å²) < 4.78 is 8.15. The number of fused-ring (bicyclic) bond motifs is 3. The molecule has 0 aliphatic carbocycles. The van der Waals surface area contributed by atoms with Crippen LogP contribution >= 0.6 is 0 Å². The molecule has 1 aliphatic heterocycles. The van der Waals surface area contributed by atoms with Crippen LogP contribution in [0.1, 0.15) is 18.7 Å². The summed E-state index contributed by atoms with van der Waals surface area (Å²) in [7, 11) is 1.96. The summed E-state index contributed by atoms with van der Waals surface area (Å²) in [5.41, 5.74) is 2.27. The van der Waals surface area contributed by atoms with Crippen molar-refractivity contribution in [3.63, 3.8) is 0 Å². The van der Waals surface area contributed by atoms with Crippen LogP contribution in [-0.4, -0.2) is 30.0 Å². The second-order valence-electron chi connectivity index (χ2n) is 5.07. The van der Waals surface area contributed by atoms with Gasteiger partial charge in [-0.1, -0.05) is 25.1 Å². The van der Waals surface area contributed by atoms with Crippen molar-refractivity contribution >= 4 is 10.9 Å². The minimum atomic E-state index is 0.0901. The van der Waals surface area contributed by atoms with Gasteiger partial charge in [0.1, 0.15) is 6.10 Å². The van der Waals surface area contributed by atoms with Crippen LogP contribution in [0.4, 0.5) is 0 Å². The predicted molar refractivity (Wildman–Crippen MR) is 71.5 cm³/mol. The molecule has 0 saturated heterocycles. The summed E-state index contributed by atoms with van der Waals surface area (Å²) in [5, 5.41) is 9.13. The zero-order chi connectivity index (χ0) is 12.5. The first-order chi connectivity index (χ1) is 8.79. The van der Waals surface area contributed by atoms with Gasteiger partial charge in [-0.05, 0) is 19.0 Å². The Morgan fingerprint density at radius 2 is 2.28 bits per heavy atom. The van der Waals surface area contributed by atoms with Gasteiger partial charge in [0.05, 0.1) is 17.8 Å². The van der Waals surface area contributed by atoms with Crippen molar-refractivity contribution in [2.24, 2.45) is 5.92 Å². The van der Waals surface area contributed by atoms with Crippen molar-refractivity contribution in [2.75, 3.05) is 20.2 Å².